The maximum atomic E-state index is 11.3. The Morgan fingerprint density at radius 1 is 1.45 bits per heavy atom. The van der Waals surface area contributed by atoms with Gasteiger partial charge in [-0.15, -0.1) is 0 Å². The van der Waals surface area contributed by atoms with Gasteiger partial charge in [-0.05, 0) is 18.2 Å². The molecule has 0 saturated heterocycles. The molecular weight excluding hydrogens is 264 g/mol. The van der Waals surface area contributed by atoms with Crippen molar-refractivity contribution in [2.24, 2.45) is 0 Å². The SMILES string of the molecule is CC(=O)OC(=O)Nc1occc1Cn1cccc1C=O. The first-order valence-corrected chi connectivity index (χ1v) is 5.76. The number of carbonyl (C=O) groups excluding carboxylic acids is 3. The van der Waals surface area contributed by atoms with E-state index in [2.05, 4.69) is 10.1 Å². The van der Waals surface area contributed by atoms with Gasteiger partial charge in [-0.2, -0.15) is 0 Å². The van der Waals surface area contributed by atoms with Gasteiger partial charge in [0.2, 0.25) is 5.88 Å². The molecule has 0 aliphatic rings. The fraction of sp³-hybridized carbons (Fsp3) is 0.154. The third-order valence-electron chi connectivity index (χ3n) is 2.52. The molecule has 20 heavy (non-hydrogen) atoms. The number of esters is 1. The molecule has 0 aliphatic carbocycles. The van der Waals surface area contributed by atoms with Gasteiger partial charge in [0.1, 0.15) is 0 Å². The molecule has 0 saturated carbocycles. The third kappa shape index (κ3) is 3.14. The number of aldehydes is 1. The highest BCUT2D eigenvalue weighted by Gasteiger charge is 2.13. The second-order valence-electron chi connectivity index (χ2n) is 3.96. The predicted molar refractivity (Wildman–Crippen MR) is 68.4 cm³/mol. The average Bonchev–Trinajstić information content (AvgIpc) is 2.98. The fourth-order valence-corrected chi connectivity index (χ4v) is 1.68. The Labute approximate surface area is 114 Å². The number of anilines is 1. The number of nitrogens with one attached hydrogen (secondary N) is 1. The van der Waals surface area contributed by atoms with Crippen molar-refractivity contribution in [2.45, 2.75) is 13.5 Å². The zero-order chi connectivity index (χ0) is 14.5. The number of hydrogen-bond acceptors (Lipinski definition) is 5. The summed E-state index contributed by atoms with van der Waals surface area (Å²) in [7, 11) is 0. The molecule has 104 valence electrons. The van der Waals surface area contributed by atoms with E-state index in [1.807, 2.05) is 0 Å². The molecule has 7 heteroatoms. The van der Waals surface area contributed by atoms with Crippen LogP contribution in [-0.2, 0) is 16.1 Å². The Hall–Kier alpha value is -2.83. The number of nitrogens with zero attached hydrogens (tertiary/aromatic N) is 1. The minimum Gasteiger partial charge on any atom is -0.448 e. The highest BCUT2D eigenvalue weighted by Crippen LogP contribution is 2.19. The molecule has 7 nitrogen and oxygen atoms in total. The molecule has 2 rings (SSSR count). The Morgan fingerprint density at radius 3 is 2.95 bits per heavy atom. The van der Waals surface area contributed by atoms with Crippen LogP contribution in [0.3, 0.4) is 0 Å². The molecule has 0 aromatic carbocycles. The van der Waals surface area contributed by atoms with Crippen LogP contribution < -0.4 is 5.32 Å². The van der Waals surface area contributed by atoms with E-state index in [1.165, 1.54) is 6.26 Å². The highest BCUT2D eigenvalue weighted by atomic mass is 16.6. The van der Waals surface area contributed by atoms with Crippen LogP contribution in [0.4, 0.5) is 10.7 Å². The molecule has 2 aromatic heterocycles. The fourth-order valence-electron chi connectivity index (χ4n) is 1.68. The highest BCUT2D eigenvalue weighted by molar-refractivity contribution is 5.91. The van der Waals surface area contributed by atoms with Crippen LogP contribution in [0.25, 0.3) is 0 Å². The van der Waals surface area contributed by atoms with E-state index in [0.29, 0.717) is 17.8 Å². The van der Waals surface area contributed by atoms with Gasteiger partial charge in [0, 0.05) is 18.7 Å². The number of rotatable bonds is 4. The number of carbonyl (C=O) groups is 3. The van der Waals surface area contributed by atoms with Crippen molar-refractivity contribution in [2.75, 3.05) is 5.32 Å². The van der Waals surface area contributed by atoms with Gasteiger partial charge >= 0.3 is 12.1 Å². The molecule has 2 aromatic rings. The van der Waals surface area contributed by atoms with Crippen LogP contribution in [0, 0.1) is 0 Å². The van der Waals surface area contributed by atoms with Crippen LogP contribution >= 0.6 is 0 Å². The standard InChI is InChI=1S/C13H12N2O5/c1-9(17)20-13(18)14-12-10(4-6-19-12)7-15-5-2-3-11(15)8-16/h2-6,8H,7H2,1H3,(H,14,18). The summed E-state index contributed by atoms with van der Waals surface area (Å²) in [6, 6.07) is 5.06. The molecule has 0 radical (unpaired) electrons. The van der Waals surface area contributed by atoms with Crippen molar-refractivity contribution in [1.82, 2.24) is 4.57 Å². The first kappa shape index (κ1) is 13.6. The van der Waals surface area contributed by atoms with Crippen molar-refractivity contribution in [3.05, 3.63) is 41.9 Å². The number of furan rings is 1. The van der Waals surface area contributed by atoms with Gasteiger partial charge in [-0.1, -0.05) is 0 Å². The number of hydrogen-bond donors (Lipinski definition) is 1. The van der Waals surface area contributed by atoms with E-state index in [0.717, 1.165) is 13.2 Å². The Morgan fingerprint density at radius 2 is 2.25 bits per heavy atom. The summed E-state index contributed by atoms with van der Waals surface area (Å²) in [6.45, 7) is 1.46. The van der Waals surface area contributed by atoms with Crippen molar-refractivity contribution >= 4 is 24.2 Å². The molecule has 1 N–H and O–H groups in total. The second-order valence-corrected chi connectivity index (χ2v) is 3.96. The first-order valence-electron chi connectivity index (χ1n) is 5.76. The van der Waals surface area contributed by atoms with E-state index < -0.39 is 12.1 Å². The molecule has 0 unspecified atom stereocenters. The molecule has 0 fully saturated rings. The number of ether oxygens (including phenoxy) is 1. The summed E-state index contributed by atoms with van der Waals surface area (Å²) in [5.74, 6) is -0.550. The molecule has 2 heterocycles. The summed E-state index contributed by atoms with van der Waals surface area (Å²) in [4.78, 5) is 32.8. The van der Waals surface area contributed by atoms with Gasteiger partial charge in [0.25, 0.3) is 0 Å². The average molecular weight is 276 g/mol. The lowest BCUT2D eigenvalue weighted by Gasteiger charge is -2.06. The molecule has 1 amide bonds. The van der Waals surface area contributed by atoms with Crippen LogP contribution in [-0.4, -0.2) is 22.9 Å². The molecule has 0 atom stereocenters. The van der Waals surface area contributed by atoms with E-state index in [4.69, 9.17) is 4.42 Å². The van der Waals surface area contributed by atoms with Crippen molar-refractivity contribution < 1.29 is 23.5 Å². The Bertz CT molecular complexity index is 641. The van der Waals surface area contributed by atoms with Crippen molar-refractivity contribution in [3.63, 3.8) is 0 Å². The lowest BCUT2D eigenvalue weighted by molar-refractivity contribution is -0.134. The van der Waals surface area contributed by atoms with E-state index in [1.54, 1.807) is 29.0 Å². The van der Waals surface area contributed by atoms with Crippen LogP contribution in [0.5, 0.6) is 0 Å². The minimum atomic E-state index is -0.920. The third-order valence-corrected chi connectivity index (χ3v) is 2.52. The molecule has 0 aliphatic heterocycles. The quantitative estimate of drug-likeness (QED) is 0.524. The smallest absolute Gasteiger partial charge is 0.421 e. The summed E-state index contributed by atoms with van der Waals surface area (Å²) >= 11 is 0. The maximum absolute atomic E-state index is 11.3. The number of amides is 1. The Kier molecular flexibility index (Phi) is 3.99. The lowest BCUT2D eigenvalue weighted by atomic mass is 10.3. The first-order chi connectivity index (χ1) is 9.60. The van der Waals surface area contributed by atoms with Gasteiger partial charge in [0.15, 0.2) is 6.29 Å². The summed E-state index contributed by atoms with van der Waals surface area (Å²) in [5.41, 5.74) is 1.15. The van der Waals surface area contributed by atoms with Crippen molar-refractivity contribution in [3.8, 4) is 0 Å². The number of aromatic nitrogens is 1. The van der Waals surface area contributed by atoms with Gasteiger partial charge in [0.05, 0.1) is 18.5 Å². The van der Waals surface area contributed by atoms with Gasteiger partial charge in [-0.25, -0.2) is 4.79 Å². The summed E-state index contributed by atoms with van der Waals surface area (Å²) in [6.07, 6.45) is 2.94. The van der Waals surface area contributed by atoms with E-state index in [9.17, 15) is 14.4 Å². The van der Waals surface area contributed by atoms with Crippen LogP contribution in [0.15, 0.2) is 35.1 Å². The van der Waals surface area contributed by atoms with Crippen LogP contribution in [0.2, 0.25) is 0 Å². The van der Waals surface area contributed by atoms with Gasteiger partial charge < -0.3 is 13.7 Å². The zero-order valence-electron chi connectivity index (χ0n) is 10.7. The normalized spacial score (nSPS) is 10.1. The summed E-state index contributed by atoms with van der Waals surface area (Å²) < 4.78 is 11.2. The Balaban J connectivity index is 2.11. The largest absolute Gasteiger partial charge is 0.448 e. The second kappa shape index (κ2) is 5.87. The van der Waals surface area contributed by atoms with Crippen molar-refractivity contribution in [1.29, 1.82) is 0 Å². The predicted octanol–water partition coefficient (Wildman–Crippen LogP) is 2.04. The molecular formula is C13H12N2O5. The molecule has 0 bridgehead atoms. The zero-order valence-corrected chi connectivity index (χ0v) is 10.7. The lowest BCUT2D eigenvalue weighted by Crippen LogP contribution is -2.17. The summed E-state index contributed by atoms with van der Waals surface area (Å²) in [5, 5.41) is 2.32. The van der Waals surface area contributed by atoms with E-state index >= 15 is 0 Å². The van der Waals surface area contributed by atoms with E-state index in [-0.39, 0.29) is 5.88 Å². The monoisotopic (exact) mass is 276 g/mol. The van der Waals surface area contributed by atoms with Crippen LogP contribution in [0.1, 0.15) is 23.0 Å². The maximum Gasteiger partial charge on any atom is 0.421 e. The topological polar surface area (TPSA) is 90.5 Å². The van der Waals surface area contributed by atoms with Gasteiger partial charge in [-0.3, -0.25) is 14.9 Å². The minimum absolute atomic E-state index is 0.168. The molecule has 0 spiro atoms.